The molecule has 0 spiro atoms. The monoisotopic (exact) mass is 357 g/mol. The first kappa shape index (κ1) is 14.8. The van der Waals surface area contributed by atoms with Gasteiger partial charge in [-0.25, -0.2) is 9.98 Å². The van der Waals surface area contributed by atoms with Crippen molar-refractivity contribution in [1.29, 1.82) is 0 Å². The number of methoxy groups -OCH3 is 1. The van der Waals surface area contributed by atoms with E-state index in [1.165, 1.54) is 0 Å². The van der Waals surface area contributed by atoms with Gasteiger partial charge >= 0.3 is 0 Å². The highest BCUT2D eigenvalue weighted by atomic mass is 79.9. The van der Waals surface area contributed by atoms with Crippen LogP contribution in [0.4, 0.5) is 0 Å². The van der Waals surface area contributed by atoms with Crippen LogP contribution in [0.5, 0.6) is 5.75 Å². The van der Waals surface area contributed by atoms with E-state index in [1.54, 1.807) is 7.11 Å². The lowest BCUT2D eigenvalue weighted by atomic mass is 9.92. The Labute approximate surface area is 137 Å². The third kappa shape index (κ3) is 2.41. The first-order valence-corrected chi connectivity index (χ1v) is 7.67. The molecular weight excluding hydrogens is 342 g/mol. The van der Waals surface area contributed by atoms with Gasteiger partial charge in [-0.15, -0.1) is 0 Å². The number of hydrogen-bond donors (Lipinski definition) is 1. The molecule has 2 N–H and O–H groups in total. The van der Waals surface area contributed by atoms with Gasteiger partial charge in [-0.1, -0.05) is 40.2 Å². The van der Waals surface area contributed by atoms with Crippen molar-refractivity contribution < 1.29 is 4.74 Å². The van der Waals surface area contributed by atoms with E-state index >= 15 is 0 Å². The second-order valence-corrected chi connectivity index (χ2v) is 6.02. The summed E-state index contributed by atoms with van der Waals surface area (Å²) >= 11 is 3.51. The van der Waals surface area contributed by atoms with E-state index in [4.69, 9.17) is 15.5 Å². The zero-order valence-electron chi connectivity index (χ0n) is 12.4. The Bertz CT molecular complexity index is 748. The minimum Gasteiger partial charge on any atom is -0.497 e. The number of ether oxygens (including phenoxy) is 1. The number of nitrogens with zero attached hydrogens (tertiary/aromatic N) is 2. The Kier molecular flexibility index (Phi) is 3.74. The summed E-state index contributed by atoms with van der Waals surface area (Å²) in [5.74, 6) is 1.26. The van der Waals surface area contributed by atoms with Crippen LogP contribution in [0.1, 0.15) is 18.1 Å². The molecule has 22 heavy (non-hydrogen) atoms. The van der Waals surface area contributed by atoms with E-state index in [1.807, 2.05) is 55.5 Å². The number of benzene rings is 2. The van der Waals surface area contributed by atoms with Gasteiger partial charge in [0, 0.05) is 15.6 Å². The summed E-state index contributed by atoms with van der Waals surface area (Å²) in [6.07, 6.45) is 0. The fourth-order valence-electron chi connectivity index (χ4n) is 2.53. The lowest BCUT2D eigenvalue weighted by molar-refractivity contribution is 0.414. The lowest BCUT2D eigenvalue weighted by Gasteiger charge is -2.24. The molecule has 4 nitrogen and oxygen atoms in total. The SMILES string of the molecule is COc1ccc(C2(c3cccc(Br)c3)N=C(C)C(N)=N2)cc1. The van der Waals surface area contributed by atoms with E-state index in [9.17, 15) is 0 Å². The average Bonchev–Trinajstić information content (AvgIpc) is 2.84. The number of nitrogens with two attached hydrogens (primary N) is 1. The summed E-state index contributed by atoms with van der Waals surface area (Å²) in [6.45, 7) is 1.88. The van der Waals surface area contributed by atoms with E-state index in [-0.39, 0.29) is 0 Å². The topological polar surface area (TPSA) is 60.0 Å². The van der Waals surface area contributed by atoms with E-state index < -0.39 is 5.66 Å². The molecular formula is C17H16BrN3O. The molecule has 0 amide bonds. The number of hydrogen-bond acceptors (Lipinski definition) is 4. The number of halogens is 1. The van der Waals surface area contributed by atoms with Gasteiger partial charge in [0.1, 0.15) is 11.6 Å². The predicted molar refractivity (Wildman–Crippen MR) is 92.6 cm³/mol. The van der Waals surface area contributed by atoms with Gasteiger partial charge in [0.05, 0.1) is 12.8 Å². The van der Waals surface area contributed by atoms with Gasteiger partial charge in [0.15, 0.2) is 0 Å². The second-order valence-electron chi connectivity index (χ2n) is 5.11. The van der Waals surface area contributed by atoms with Crippen molar-refractivity contribution in [2.24, 2.45) is 15.7 Å². The van der Waals surface area contributed by atoms with Crippen molar-refractivity contribution in [2.75, 3.05) is 7.11 Å². The molecule has 1 unspecified atom stereocenters. The fourth-order valence-corrected chi connectivity index (χ4v) is 2.93. The molecule has 1 atom stereocenters. The smallest absolute Gasteiger partial charge is 0.204 e. The highest BCUT2D eigenvalue weighted by Crippen LogP contribution is 2.39. The molecule has 3 rings (SSSR count). The Morgan fingerprint density at radius 2 is 1.77 bits per heavy atom. The van der Waals surface area contributed by atoms with Gasteiger partial charge in [0.2, 0.25) is 5.66 Å². The van der Waals surface area contributed by atoms with Crippen molar-refractivity contribution in [3.05, 3.63) is 64.1 Å². The van der Waals surface area contributed by atoms with Crippen LogP contribution in [0.3, 0.4) is 0 Å². The van der Waals surface area contributed by atoms with Crippen LogP contribution in [0.2, 0.25) is 0 Å². The van der Waals surface area contributed by atoms with Crippen molar-refractivity contribution in [1.82, 2.24) is 0 Å². The maximum Gasteiger partial charge on any atom is 0.204 e. The van der Waals surface area contributed by atoms with Crippen LogP contribution in [0.25, 0.3) is 0 Å². The van der Waals surface area contributed by atoms with Crippen molar-refractivity contribution >= 4 is 27.5 Å². The normalized spacial score (nSPS) is 20.5. The Morgan fingerprint density at radius 1 is 1.05 bits per heavy atom. The Hall–Kier alpha value is -2.14. The first-order chi connectivity index (χ1) is 10.5. The summed E-state index contributed by atoms with van der Waals surface area (Å²) in [6, 6.07) is 15.7. The fraction of sp³-hybridized carbons (Fsp3) is 0.176. The quantitative estimate of drug-likeness (QED) is 0.913. The molecule has 1 aliphatic rings. The maximum absolute atomic E-state index is 6.01. The Morgan fingerprint density at radius 3 is 2.32 bits per heavy atom. The zero-order valence-corrected chi connectivity index (χ0v) is 14.0. The van der Waals surface area contributed by atoms with E-state index in [0.29, 0.717) is 5.84 Å². The second kappa shape index (κ2) is 5.57. The summed E-state index contributed by atoms with van der Waals surface area (Å²) in [5, 5.41) is 0. The molecule has 2 aromatic carbocycles. The lowest BCUT2D eigenvalue weighted by Crippen LogP contribution is -2.22. The van der Waals surface area contributed by atoms with Crippen LogP contribution in [-0.4, -0.2) is 18.7 Å². The molecule has 0 saturated carbocycles. The molecule has 0 saturated heterocycles. The zero-order chi connectivity index (χ0) is 15.7. The molecule has 0 radical (unpaired) electrons. The standard InChI is InChI=1S/C17H16BrN3O/c1-11-16(19)21-17(20-11,13-4-3-5-14(18)10-13)12-6-8-15(22-2)9-7-12/h3-10H,1-2H3,(H2,19,21). The molecule has 5 heteroatoms. The molecule has 0 aromatic heterocycles. The van der Waals surface area contributed by atoms with Crippen LogP contribution in [-0.2, 0) is 5.66 Å². The largest absolute Gasteiger partial charge is 0.497 e. The van der Waals surface area contributed by atoms with Gasteiger partial charge in [0.25, 0.3) is 0 Å². The van der Waals surface area contributed by atoms with E-state index in [0.717, 1.165) is 27.1 Å². The van der Waals surface area contributed by atoms with Crippen molar-refractivity contribution in [3.63, 3.8) is 0 Å². The third-order valence-electron chi connectivity index (χ3n) is 3.70. The molecule has 2 aromatic rings. The van der Waals surface area contributed by atoms with Gasteiger partial charge in [-0.3, -0.25) is 0 Å². The summed E-state index contributed by atoms with van der Waals surface area (Å²) in [7, 11) is 1.65. The minimum absolute atomic E-state index is 0.468. The van der Waals surface area contributed by atoms with Crippen LogP contribution in [0.15, 0.2) is 63.0 Å². The third-order valence-corrected chi connectivity index (χ3v) is 4.20. The number of aliphatic imine (C=N–C) groups is 2. The molecule has 1 aliphatic heterocycles. The summed E-state index contributed by atoms with van der Waals surface area (Å²) in [5.41, 5.74) is 7.84. The highest BCUT2D eigenvalue weighted by molar-refractivity contribution is 9.10. The van der Waals surface area contributed by atoms with Crippen LogP contribution < -0.4 is 10.5 Å². The van der Waals surface area contributed by atoms with Crippen molar-refractivity contribution in [3.8, 4) is 5.75 Å². The highest BCUT2D eigenvalue weighted by Gasteiger charge is 2.38. The van der Waals surface area contributed by atoms with Gasteiger partial charge in [-0.2, -0.15) is 0 Å². The summed E-state index contributed by atoms with van der Waals surface area (Å²) < 4.78 is 6.21. The van der Waals surface area contributed by atoms with Gasteiger partial charge in [-0.05, 0) is 31.2 Å². The number of rotatable bonds is 3. The van der Waals surface area contributed by atoms with Crippen molar-refractivity contribution in [2.45, 2.75) is 12.6 Å². The molecule has 1 heterocycles. The first-order valence-electron chi connectivity index (χ1n) is 6.88. The molecule has 112 valence electrons. The van der Waals surface area contributed by atoms with Crippen LogP contribution >= 0.6 is 15.9 Å². The predicted octanol–water partition coefficient (Wildman–Crippen LogP) is 3.49. The number of amidine groups is 1. The molecule has 0 bridgehead atoms. The minimum atomic E-state index is -0.829. The molecule has 0 aliphatic carbocycles. The van der Waals surface area contributed by atoms with Gasteiger partial charge < -0.3 is 10.5 Å². The summed E-state index contributed by atoms with van der Waals surface area (Å²) in [4.78, 5) is 9.43. The van der Waals surface area contributed by atoms with E-state index in [2.05, 4.69) is 20.9 Å². The average molecular weight is 358 g/mol. The maximum atomic E-state index is 6.01. The molecule has 0 fully saturated rings. The van der Waals surface area contributed by atoms with Crippen LogP contribution in [0, 0.1) is 0 Å². The Balaban J connectivity index is 2.21.